The number of hydrogen-bond acceptors (Lipinski definition) is 2. The monoisotopic (exact) mass is 308 g/mol. The highest BCUT2D eigenvalue weighted by Crippen LogP contribution is 2.34. The molecule has 0 radical (unpaired) electrons. The Morgan fingerprint density at radius 2 is 1.65 bits per heavy atom. The zero-order chi connectivity index (χ0) is 15.8. The molecule has 0 amide bonds. The van der Waals surface area contributed by atoms with Gasteiger partial charge in [0.25, 0.3) is 5.56 Å². The van der Waals surface area contributed by atoms with E-state index in [1.165, 1.54) is 43.2 Å². The molecule has 0 aliphatic heterocycles. The van der Waals surface area contributed by atoms with Crippen LogP contribution in [0.4, 0.5) is 5.69 Å². The minimum Gasteiger partial charge on any atom is -0.394 e. The maximum atomic E-state index is 12.7. The third-order valence-corrected chi connectivity index (χ3v) is 5.48. The van der Waals surface area contributed by atoms with Crippen molar-refractivity contribution >= 4 is 5.69 Å². The van der Waals surface area contributed by atoms with E-state index in [0.29, 0.717) is 11.7 Å². The van der Waals surface area contributed by atoms with Crippen LogP contribution in [-0.2, 0) is 12.8 Å². The van der Waals surface area contributed by atoms with Crippen molar-refractivity contribution in [1.29, 1.82) is 0 Å². The van der Waals surface area contributed by atoms with Crippen LogP contribution in [0.2, 0.25) is 0 Å². The van der Waals surface area contributed by atoms with Crippen LogP contribution in [0.3, 0.4) is 0 Å². The second-order valence-corrected chi connectivity index (χ2v) is 6.98. The molecule has 1 fully saturated rings. The van der Waals surface area contributed by atoms with E-state index >= 15 is 0 Å². The first kappa shape index (κ1) is 14.6. The molecular formula is C20H24N2O. The van der Waals surface area contributed by atoms with Crippen molar-refractivity contribution in [2.24, 2.45) is 0 Å². The number of nitrogens with zero attached hydrogens (tertiary/aromatic N) is 1. The van der Waals surface area contributed by atoms with Crippen LogP contribution in [0.5, 0.6) is 0 Å². The highest BCUT2D eigenvalue weighted by atomic mass is 16.1. The van der Waals surface area contributed by atoms with Crippen LogP contribution in [-0.4, -0.2) is 4.57 Å². The topological polar surface area (TPSA) is 48.0 Å². The Morgan fingerprint density at radius 3 is 2.43 bits per heavy atom. The summed E-state index contributed by atoms with van der Waals surface area (Å²) < 4.78 is 1.97. The number of anilines is 1. The zero-order valence-corrected chi connectivity index (χ0v) is 13.6. The molecule has 1 aromatic carbocycles. The maximum absolute atomic E-state index is 12.7. The molecule has 2 aliphatic carbocycles. The Hall–Kier alpha value is -2.03. The molecule has 0 spiro atoms. The summed E-state index contributed by atoms with van der Waals surface area (Å²) in [6.07, 6.45) is 9.49. The second kappa shape index (κ2) is 5.88. The van der Waals surface area contributed by atoms with Gasteiger partial charge in [0.2, 0.25) is 0 Å². The molecule has 1 saturated carbocycles. The van der Waals surface area contributed by atoms with Crippen LogP contribution in [0.1, 0.15) is 55.7 Å². The van der Waals surface area contributed by atoms with E-state index in [1.54, 1.807) is 6.07 Å². The summed E-state index contributed by atoms with van der Waals surface area (Å²) in [5.74, 6) is 0. The second-order valence-electron chi connectivity index (χ2n) is 6.98. The largest absolute Gasteiger partial charge is 0.394 e. The number of rotatable bonds is 2. The van der Waals surface area contributed by atoms with Gasteiger partial charge in [0.05, 0.1) is 11.4 Å². The lowest BCUT2D eigenvalue weighted by Gasteiger charge is -2.22. The summed E-state index contributed by atoms with van der Waals surface area (Å²) in [5, 5.41) is 0. The van der Waals surface area contributed by atoms with E-state index in [2.05, 4.69) is 18.2 Å². The number of benzene rings is 1. The molecule has 1 heterocycles. The van der Waals surface area contributed by atoms with E-state index in [9.17, 15) is 4.79 Å². The molecule has 3 heteroatoms. The van der Waals surface area contributed by atoms with Gasteiger partial charge in [0.15, 0.2) is 0 Å². The summed E-state index contributed by atoms with van der Waals surface area (Å²) >= 11 is 0. The number of fused-ring (bicyclic) bond motifs is 1. The predicted octanol–water partition coefficient (Wildman–Crippen LogP) is 4.09. The molecule has 0 atom stereocenters. The summed E-state index contributed by atoms with van der Waals surface area (Å²) in [6, 6.07) is 10.8. The standard InChI is InChI=1S/C20H24N2O/c21-18-11-12-19(22(20(18)23)17-7-3-4-8-17)16-10-9-14-5-1-2-6-15(14)13-16/h9-13,17H,1-8,21H2. The molecule has 3 nitrogen and oxygen atoms in total. The first-order valence-corrected chi connectivity index (χ1v) is 8.87. The number of aryl methyl sites for hydroxylation is 2. The van der Waals surface area contributed by atoms with E-state index in [-0.39, 0.29) is 5.56 Å². The summed E-state index contributed by atoms with van der Waals surface area (Å²) in [6.45, 7) is 0. The smallest absolute Gasteiger partial charge is 0.274 e. The molecule has 23 heavy (non-hydrogen) atoms. The van der Waals surface area contributed by atoms with E-state index in [4.69, 9.17) is 5.73 Å². The zero-order valence-electron chi connectivity index (χ0n) is 13.6. The van der Waals surface area contributed by atoms with Gasteiger partial charge in [-0.3, -0.25) is 4.79 Å². The fraction of sp³-hybridized carbons (Fsp3) is 0.450. The van der Waals surface area contributed by atoms with Gasteiger partial charge in [-0.25, -0.2) is 0 Å². The van der Waals surface area contributed by atoms with Gasteiger partial charge in [-0.1, -0.05) is 25.0 Å². The summed E-state index contributed by atoms with van der Waals surface area (Å²) in [4.78, 5) is 12.7. The van der Waals surface area contributed by atoms with Crippen molar-refractivity contribution < 1.29 is 0 Å². The first-order chi connectivity index (χ1) is 11.2. The number of aromatic nitrogens is 1. The third kappa shape index (κ3) is 2.58. The van der Waals surface area contributed by atoms with Gasteiger partial charge in [-0.2, -0.15) is 0 Å². The Morgan fingerprint density at radius 1 is 0.913 bits per heavy atom. The summed E-state index contributed by atoms with van der Waals surface area (Å²) in [5.41, 5.74) is 11.4. The number of nitrogen functional groups attached to an aromatic ring is 1. The van der Waals surface area contributed by atoms with Crippen molar-refractivity contribution in [2.45, 2.75) is 57.4 Å². The lowest BCUT2D eigenvalue weighted by molar-refractivity contribution is 0.509. The molecule has 2 aromatic rings. The van der Waals surface area contributed by atoms with E-state index in [0.717, 1.165) is 30.5 Å². The number of nitrogens with two attached hydrogens (primary N) is 1. The summed E-state index contributed by atoms with van der Waals surface area (Å²) in [7, 11) is 0. The van der Waals surface area contributed by atoms with Gasteiger partial charge >= 0.3 is 0 Å². The van der Waals surface area contributed by atoms with Crippen molar-refractivity contribution in [1.82, 2.24) is 4.57 Å². The van der Waals surface area contributed by atoms with Gasteiger partial charge < -0.3 is 10.3 Å². The molecule has 4 rings (SSSR count). The minimum atomic E-state index is -0.0212. The Bertz CT molecular complexity index is 785. The average molecular weight is 308 g/mol. The third-order valence-electron chi connectivity index (χ3n) is 5.48. The SMILES string of the molecule is Nc1ccc(-c2ccc3c(c2)CCCC3)n(C2CCCC2)c1=O. The van der Waals surface area contributed by atoms with E-state index in [1.807, 2.05) is 10.6 Å². The van der Waals surface area contributed by atoms with Crippen LogP contribution < -0.4 is 11.3 Å². The maximum Gasteiger partial charge on any atom is 0.274 e. The Kier molecular flexibility index (Phi) is 3.72. The quantitative estimate of drug-likeness (QED) is 0.908. The molecule has 2 aliphatic rings. The molecule has 1 aromatic heterocycles. The highest BCUT2D eigenvalue weighted by molar-refractivity contribution is 5.63. The normalized spacial score (nSPS) is 18.1. The number of pyridine rings is 1. The molecule has 0 unspecified atom stereocenters. The highest BCUT2D eigenvalue weighted by Gasteiger charge is 2.22. The van der Waals surface area contributed by atoms with Gasteiger partial charge in [-0.15, -0.1) is 0 Å². The van der Waals surface area contributed by atoms with Gasteiger partial charge in [0, 0.05) is 6.04 Å². The fourth-order valence-electron chi connectivity index (χ4n) is 4.22. The van der Waals surface area contributed by atoms with Crippen molar-refractivity contribution in [3.8, 4) is 11.3 Å². The Balaban J connectivity index is 1.85. The van der Waals surface area contributed by atoms with Crippen LogP contribution in [0.25, 0.3) is 11.3 Å². The van der Waals surface area contributed by atoms with Gasteiger partial charge in [0.1, 0.15) is 0 Å². The fourth-order valence-corrected chi connectivity index (χ4v) is 4.22. The molecule has 0 bridgehead atoms. The van der Waals surface area contributed by atoms with Crippen molar-refractivity contribution in [2.75, 3.05) is 5.73 Å². The molecule has 0 saturated heterocycles. The van der Waals surface area contributed by atoms with Crippen LogP contribution >= 0.6 is 0 Å². The minimum absolute atomic E-state index is 0.0212. The Labute approximate surface area is 137 Å². The van der Waals surface area contributed by atoms with Crippen molar-refractivity contribution in [3.63, 3.8) is 0 Å². The lowest BCUT2D eigenvalue weighted by Crippen LogP contribution is -2.27. The van der Waals surface area contributed by atoms with Gasteiger partial charge in [-0.05, 0) is 73.4 Å². The average Bonchev–Trinajstić information content (AvgIpc) is 3.11. The van der Waals surface area contributed by atoms with Crippen LogP contribution in [0, 0.1) is 0 Å². The molecule has 120 valence electrons. The van der Waals surface area contributed by atoms with Crippen LogP contribution in [0.15, 0.2) is 35.1 Å². The predicted molar refractivity (Wildman–Crippen MR) is 94.7 cm³/mol. The van der Waals surface area contributed by atoms with E-state index < -0.39 is 0 Å². The molecule has 2 N–H and O–H groups in total. The molecular weight excluding hydrogens is 284 g/mol. The number of hydrogen-bond donors (Lipinski definition) is 1. The first-order valence-electron chi connectivity index (χ1n) is 8.87. The lowest BCUT2D eigenvalue weighted by atomic mass is 9.89. The van der Waals surface area contributed by atoms with Crippen molar-refractivity contribution in [3.05, 3.63) is 51.8 Å².